The van der Waals surface area contributed by atoms with E-state index >= 15 is 0 Å². The predicted octanol–water partition coefficient (Wildman–Crippen LogP) is 3.65. The van der Waals surface area contributed by atoms with Gasteiger partial charge in [0.1, 0.15) is 5.75 Å². The Balaban J connectivity index is 2.22. The standard InChI is InChI=1S/C19H24N2O4S/c1-13(2)12-25-18-8-6-5-7-16(18)20-19(22)15-10-9-14(3)17(11-15)21-26(4,23)24/h5-11,13,21H,12H2,1-4H3,(H,20,22). The highest BCUT2D eigenvalue weighted by Crippen LogP contribution is 2.26. The normalized spacial score (nSPS) is 11.3. The monoisotopic (exact) mass is 376 g/mol. The van der Waals surface area contributed by atoms with E-state index in [2.05, 4.69) is 10.0 Å². The molecular formula is C19H24N2O4S. The first kappa shape index (κ1) is 19.8. The van der Waals surface area contributed by atoms with Crippen LogP contribution in [-0.2, 0) is 10.0 Å². The second-order valence-corrected chi connectivity index (χ2v) is 8.31. The van der Waals surface area contributed by atoms with E-state index in [1.54, 1.807) is 31.2 Å². The van der Waals surface area contributed by atoms with E-state index in [1.165, 1.54) is 6.07 Å². The maximum Gasteiger partial charge on any atom is 0.255 e. The predicted molar refractivity (Wildman–Crippen MR) is 104 cm³/mol. The molecule has 26 heavy (non-hydrogen) atoms. The second kappa shape index (κ2) is 8.23. The van der Waals surface area contributed by atoms with Gasteiger partial charge in [0.05, 0.1) is 24.2 Å². The summed E-state index contributed by atoms with van der Waals surface area (Å²) in [5.41, 5.74) is 2.02. The lowest BCUT2D eigenvalue weighted by Gasteiger charge is -2.14. The molecule has 6 nitrogen and oxygen atoms in total. The van der Waals surface area contributed by atoms with E-state index < -0.39 is 10.0 Å². The van der Waals surface area contributed by atoms with Gasteiger partial charge in [-0.1, -0.05) is 32.0 Å². The molecule has 7 heteroatoms. The minimum absolute atomic E-state index is 0.345. The topological polar surface area (TPSA) is 84.5 Å². The lowest BCUT2D eigenvalue weighted by molar-refractivity contribution is 0.102. The number of rotatable bonds is 7. The van der Waals surface area contributed by atoms with Gasteiger partial charge < -0.3 is 10.1 Å². The highest BCUT2D eigenvalue weighted by Gasteiger charge is 2.13. The number of amides is 1. The van der Waals surface area contributed by atoms with Gasteiger partial charge in [-0.25, -0.2) is 8.42 Å². The Kier molecular flexibility index (Phi) is 6.26. The van der Waals surface area contributed by atoms with Crippen molar-refractivity contribution in [2.24, 2.45) is 5.92 Å². The Morgan fingerprint density at radius 1 is 1.12 bits per heavy atom. The molecule has 0 spiro atoms. The van der Waals surface area contributed by atoms with Gasteiger partial charge in [0.25, 0.3) is 5.91 Å². The van der Waals surface area contributed by atoms with E-state index in [4.69, 9.17) is 4.74 Å². The zero-order chi connectivity index (χ0) is 19.3. The number of nitrogens with one attached hydrogen (secondary N) is 2. The Morgan fingerprint density at radius 2 is 1.81 bits per heavy atom. The average Bonchev–Trinajstić information content (AvgIpc) is 2.54. The number of ether oxygens (including phenoxy) is 1. The molecule has 2 N–H and O–H groups in total. The first-order chi connectivity index (χ1) is 12.2. The van der Waals surface area contributed by atoms with Crippen molar-refractivity contribution in [2.75, 3.05) is 22.9 Å². The second-order valence-electron chi connectivity index (χ2n) is 6.56. The van der Waals surface area contributed by atoms with Crippen LogP contribution in [0.3, 0.4) is 0 Å². The van der Waals surface area contributed by atoms with Gasteiger partial charge in [-0.3, -0.25) is 9.52 Å². The van der Waals surface area contributed by atoms with E-state index in [0.29, 0.717) is 35.2 Å². The molecule has 2 rings (SSSR count). The van der Waals surface area contributed by atoms with Crippen molar-refractivity contribution < 1.29 is 17.9 Å². The van der Waals surface area contributed by atoms with Crippen LogP contribution in [0.2, 0.25) is 0 Å². The van der Waals surface area contributed by atoms with Gasteiger partial charge in [0, 0.05) is 5.56 Å². The third-order valence-electron chi connectivity index (χ3n) is 3.50. The number of sulfonamides is 1. The fourth-order valence-electron chi connectivity index (χ4n) is 2.22. The van der Waals surface area contributed by atoms with E-state index in [1.807, 2.05) is 26.0 Å². The number of aryl methyl sites for hydroxylation is 1. The average molecular weight is 376 g/mol. The zero-order valence-electron chi connectivity index (χ0n) is 15.4. The van der Waals surface area contributed by atoms with Crippen molar-refractivity contribution in [2.45, 2.75) is 20.8 Å². The largest absolute Gasteiger partial charge is 0.491 e. The van der Waals surface area contributed by atoms with Crippen LogP contribution in [0.4, 0.5) is 11.4 Å². The molecule has 0 radical (unpaired) electrons. The number of benzene rings is 2. The molecule has 140 valence electrons. The lowest BCUT2D eigenvalue weighted by atomic mass is 10.1. The molecule has 0 saturated carbocycles. The SMILES string of the molecule is Cc1ccc(C(=O)Nc2ccccc2OCC(C)C)cc1NS(C)(=O)=O. The third-order valence-corrected chi connectivity index (χ3v) is 4.09. The first-order valence-electron chi connectivity index (χ1n) is 8.27. The molecule has 2 aromatic rings. The van der Waals surface area contributed by atoms with Gasteiger partial charge in [-0.2, -0.15) is 0 Å². The number of hydrogen-bond donors (Lipinski definition) is 2. The molecule has 0 heterocycles. The number of carbonyl (C=O) groups is 1. The van der Waals surface area contributed by atoms with Crippen LogP contribution in [0, 0.1) is 12.8 Å². The number of carbonyl (C=O) groups excluding carboxylic acids is 1. The van der Waals surface area contributed by atoms with Crippen molar-refractivity contribution in [3.8, 4) is 5.75 Å². The van der Waals surface area contributed by atoms with E-state index in [-0.39, 0.29) is 5.91 Å². The van der Waals surface area contributed by atoms with Crippen LogP contribution in [0.15, 0.2) is 42.5 Å². The van der Waals surface area contributed by atoms with Crippen LogP contribution >= 0.6 is 0 Å². The molecule has 2 aromatic carbocycles. The van der Waals surface area contributed by atoms with Crippen molar-refractivity contribution in [1.82, 2.24) is 0 Å². The van der Waals surface area contributed by atoms with Gasteiger partial charge in [0.2, 0.25) is 10.0 Å². The van der Waals surface area contributed by atoms with Crippen molar-refractivity contribution in [3.05, 3.63) is 53.6 Å². The summed E-state index contributed by atoms with van der Waals surface area (Å²) in [6.07, 6.45) is 1.07. The highest BCUT2D eigenvalue weighted by molar-refractivity contribution is 7.92. The molecule has 0 fully saturated rings. The number of para-hydroxylation sites is 2. The quantitative estimate of drug-likeness (QED) is 0.772. The first-order valence-corrected chi connectivity index (χ1v) is 10.2. The summed E-state index contributed by atoms with van der Waals surface area (Å²) < 4.78 is 31.1. The number of hydrogen-bond acceptors (Lipinski definition) is 4. The fourth-order valence-corrected chi connectivity index (χ4v) is 2.84. The molecule has 1 amide bonds. The van der Waals surface area contributed by atoms with Crippen molar-refractivity contribution in [1.29, 1.82) is 0 Å². The molecule has 0 aromatic heterocycles. The lowest BCUT2D eigenvalue weighted by Crippen LogP contribution is -2.15. The molecule has 0 aliphatic rings. The summed E-state index contributed by atoms with van der Waals surface area (Å²) in [5.74, 6) is 0.610. The minimum Gasteiger partial charge on any atom is -0.491 e. The summed E-state index contributed by atoms with van der Waals surface area (Å²) in [6.45, 7) is 6.40. The summed E-state index contributed by atoms with van der Waals surface area (Å²) >= 11 is 0. The summed E-state index contributed by atoms with van der Waals surface area (Å²) in [6, 6.07) is 12.1. The molecule has 0 aliphatic heterocycles. The fraction of sp³-hybridized carbons (Fsp3) is 0.316. The van der Waals surface area contributed by atoms with Crippen LogP contribution in [-0.4, -0.2) is 27.2 Å². The number of anilines is 2. The maximum absolute atomic E-state index is 12.6. The molecule has 0 saturated heterocycles. The van der Waals surface area contributed by atoms with E-state index in [9.17, 15) is 13.2 Å². The van der Waals surface area contributed by atoms with Gasteiger partial charge in [0.15, 0.2) is 0 Å². The molecule has 0 atom stereocenters. The Hall–Kier alpha value is -2.54. The van der Waals surface area contributed by atoms with Crippen molar-refractivity contribution in [3.63, 3.8) is 0 Å². The highest BCUT2D eigenvalue weighted by atomic mass is 32.2. The summed E-state index contributed by atoms with van der Waals surface area (Å²) in [4.78, 5) is 12.6. The Bertz CT molecular complexity index is 892. The summed E-state index contributed by atoms with van der Waals surface area (Å²) in [7, 11) is -3.42. The Morgan fingerprint density at radius 3 is 2.46 bits per heavy atom. The van der Waals surface area contributed by atoms with Crippen LogP contribution in [0.5, 0.6) is 5.75 Å². The van der Waals surface area contributed by atoms with Crippen LogP contribution in [0.1, 0.15) is 29.8 Å². The minimum atomic E-state index is -3.42. The molecule has 0 unspecified atom stereocenters. The smallest absolute Gasteiger partial charge is 0.255 e. The van der Waals surface area contributed by atoms with E-state index in [0.717, 1.165) is 11.8 Å². The molecular weight excluding hydrogens is 352 g/mol. The van der Waals surface area contributed by atoms with Gasteiger partial charge in [-0.05, 0) is 42.7 Å². The van der Waals surface area contributed by atoms with Crippen LogP contribution < -0.4 is 14.8 Å². The van der Waals surface area contributed by atoms with Crippen molar-refractivity contribution >= 4 is 27.3 Å². The molecule has 0 aliphatic carbocycles. The van der Waals surface area contributed by atoms with Gasteiger partial charge >= 0.3 is 0 Å². The van der Waals surface area contributed by atoms with Crippen LogP contribution in [0.25, 0.3) is 0 Å². The third kappa shape index (κ3) is 5.77. The summed E-state index contributed by atoms with van der Waals surface area (Å²) in [5, 5.41) is 2.82. The van der Waals surface area contributed by atoms with Gasteiger partial charge in [-0.15, -0.1) is 0 Å². The molecule has 0 bridgehead atoms. The zero-order valence-corrected chi connectivity index (χ0v) is 16.2. The maximum atomic E-state index is 12.6. The Labute approximate surface area is 154 Å².